The number of Topliss-reactive ketones (excluding diaryl/α,β-unsaturated/α-hetero) is 1. The van der Waals surface area contributed by atoms with Gasteiger partial charge < -0.3 is 9.84 Å². The van der Waals surface area contributed by atoms with Crippen LogP contribution in [0.5, 0.6) is 5.75 Å². The van der Waals surface area contributed by atoms with E-state index >= 15 is 4.39 Å². The van der Waals surface area contributed by atoms with Gasteiger partial charge in [0.2, 0.25) is 0 Å². The summed E-state index contributed by atoms with van der Waals surface area (Å²) in [5, 5.41) is 11.4. The maximum absolute atomic E-state index is 15.1. The van der Waals surface area contributed by atoms with E-state index in [1.54, 1.807) is 24.3 Å². The largest absolute Gasteiger partial charge is 0.507 e. The fourth-order valence-corrected chi connectivity index (χ4v) is 5.75. The van der Waals surface area contributed by atoms with Gasteiger partial charge in [-0.05, 0) is 55.0 Å². The molecule has 1 fully saturated rings. The number of carbonyl (C=O) groups is 2. The molecule has 2 aliphatic rings. The summed E-state index contributed by atoms with van der Waals surface area (Å²) in [4.78, 5) is 32.1. The molecule has 6 nitrogen and oxygen atoms in total. The van der Waals surface area contributed by atoms with Gasteiger partial charge in [0.05, 0.1) is 15.8 Å². The van der Waals surface area contributed by atoms with Crippen LogP contribution in [0.3, 0.4) is 0 Å². The van der Waals surface area contributed by atoms with Gasteiger partial charge in [-0.15, -0.1) is 0 Å². The zero-order valence-electron chi connectivity index (χ0n) is 18.9. The Labute approximate surface area is 208 Å². The van der Waals surface area contributed by atoms with E-state index in [0.29, 0.717) is 28.0 Å². The number of aliphatic hydroxyl groups is 1. The number of ketones is 1. The molecule has 0 spiro atoms. The van der Waals surface area contributed by atoms with Gasteiger partial charge in [-0.2, -0.15) is 0 Å². The number of aromatic nitrogens is 1. The number of amides is 1. The van der Waals surface area contributed by atoms with Crippen molar-refractivity contribution in [2.24, 2.45) is 0 Å². The van der Waals surface area contributed by atoms with Gasteiger partial charge in [0.15, 0.2) is 5.13 Å². The Hall–Kier alpha value is -4.11. The van der Waals surface area contributed by atoms with Crippen molar-refractivity contribution in [3.8, 4) is 5.75 Å². The third-order valence-electron chi connectivity index (χ3n) is 6.36. The molecule has 0 radical (unpaired) electrons. The zero-order chi connectivity index (χ0) is 25.1. The predicted octanol–water partition coefficient (Wildman–Crippen LogP) is 5.52. The van der Waals surface area contributed by atoms with Crippen LogP contribution >= 0.6 is 11.3 Å². The number of hydrogen-bond acceptors (Lipinski definition) is 6. The van der Waals surface area contributed by atoms with Gasteiger partial charge in [-0.25, -0.2) is 13.8 Å². The minimum absolute atomic E-state index is 0.0229. The van der Waals surface area contributed by atoms with Gasteiger partial charge >= 0.3 is 5.91 Å². The van der Waals surface area contributed by atoms with Crippen molar-refractivity contribution in [2.45, 2.75) is 25.5 Å². The average Bonchev–Trinajstić information content (AvgIpc) is 3.51. The van der Waals surface area contributed by atoms with E-state index in [9.17, 15) is 19.1 Å². The summed E-state index contributed by atoms with van der Waals surface area (Å²) in [7, 11) is 0. The summed E-state index contributed by atoms with van der Waals surface area (Å²) in [5.74, 6) is -2.77. The Morgan fingerprint density at radius 3 is 2.72 bits per heavy atom. The SMILES string of the molecule is CC1Cc2cc(/C(O)=C3/C(=O)C(=O)N(c4nc5ccc(F)cc5s4)C3c3ccccc3F)ccc2O1. The highest BCUT2D eigenvalue weighted by Crippen LogP contribution is 2.45. The first-order valence-corrected chi connectivity index (χ1v) is 12.0. The van der Waals surface area contributed by atoms with E-state index in [0.717, 1.165) is 21.8 Å². The van der Waals surface area contributed by atoms with Crippen molar-refractivity contribution in [1.29, 1.82) is 0 Å². The van der Waals surface area contributed by atoms with E-state index in [1.165, 1.54) is 36.4 Å². The van der Waals surface area contributed by atoms with Gasteiger partial charge in [0, 0.05) is 17.5 Å². The molecule has 0 bridgehead atoms. The highest BCUT2D eigenvalue weighted by molar-refractivity contribution is 7.22. The Morgan fingerprint density at radius 1 is 1.11 bits per heavy atom. The van der Waals surface area contributed by atoms with E-state index < -0.39 is 35.1 Å². The molecule has 36 heavy (non-hydrogen) atoms. The molecule has 3 aromatic carbocycles. The lowest BCUT2D eigenvalue weighted by Crippen LogP contribution is -2.29. The fraction of sp³-hybridized carbons (Fsp3) is 0.148. The second-order valence-electron chi connectivity index (χ2n) is 8.75. The summed E-state index contributed by atoms with van der Waals surface area (Å²) < 4.78 is 35.0. The van der Waals surface area contributed by atoms with Gasteiger partial charge in [-0.3, -0.25) is 14.5 Å². The fourth-order valence-electron chi connectivity index (χ4n) is 4.74. The number of hydrogen-bond donors (Lipinski definition) is 1. The molecule has 1 amide bonds. The van der Waals surface area contributed by atoms with Crippen LogP contribution in [0.25, 0.3) is 16.0 Å². The van der Waals surface area contributed by atoms with Gasteiger partial charge in [0.1, 0.15) is 35.3 Å². The number of fused-ring (bicyclic) bond motifs is 2. The first kappa shape index (κ1) is 22.4. The van der Waals surface area contributed by atoms with Crippen molar-refractivity contribution >= 4 is 44.1 Å². The zero-order valence-corrected chi connectivity index (χ0v) is 19.7. The number of anilines is 1. The smallest absolute Gasteiger partial charge is 0.301 e. The van der Waals surface area contributed by atoms with Crippen LogP contribution in [0.1, 0.15) is 29.7 Å². The monoisotopic (exact) mass is 504 g/mol. The molecule has 6 rings (SSSR count). The van der Waals surface area contributed by atoms with Crippen LogP contribution in [-0.2, 0) is 16.0 Å². The quantitative estimate of drug-likeness (QED) is 0.226. The molecular weight excluding hydrogens is 486 g/mol. The van der Waals surface area contributed by atoms with Crippen LogP contribution in [-0.4, -0.2) is 27.9 Å². The number of benzene rings is 3. The van der Waals surface area contributed by atoms with E-state index in [2.05, 4.69) is 4.98 Å². The first-order chi connectivity index (χ1) is 17.3. The Bertz CT molecular complexity index is 1610. The number of ether oxygens (including phenoxy) is 1. The van der Waals surface area contributed by atoms with Gasteiger partial charge in [-0.1, -0.05) is 29.5 Å². The van der Waals surface area contributed by atoms with E-state index in [-0.39, 0.29) is 22.4 Å². The molecule has 180 valence electrons. The standard InChI is InChI=1S/C27H18F2N2O4S/c1-13-10-15-11-14(6-9-20(15)35-13)24(32)22-23(17-4-2-3-5-18(17)29)31(26(34)25(22)33)27-30-19-8-7-16(28)12-21(19)36-27/h2-9,11-13,23,32H,10H2,1H3/b24-22-. The van der Waals surface area contributed by atoms with Crippen LogP contribution in [0, 0.1) is 11.6 Å². The summed E-state index contributed by atoms with van der Waals surface area (Å²) in [6.45, 7) is 1.92. The first-order valence-electron chi connectivity index (χ1n) is 11.2. The molecule has 1 N–H and O–H groups in total. The lowest BCUT2D eigenvalue weighted by Gasteiger charge is -2.23. The highest BCUT2D eigenvalue weighted by Gasteiger charge is 2.49. The molecule has 0 aliphatic carbocycles. The van der Waals surface area contributed by atoms with Crippen molar-refractivity contribution in [1.82, 2.24) is 4.98 Å². The van der Waals surface area contributed by atoms with Crippen molar-refractivity contribution < 1.29 is 28.2 Å². The van der Waals surface area contributed by atoms with Crippen LogP contribution in [0.4, 0.5) is 13.9 Å². The topological polar surface area (TPSA) is 79.7 Å². The van der Waals surface area contributed by atoms with Crippen molar-refractivity contribution in [3.05, 3.63) is 94.6 Å². The van der Waals surface area contributed by atoms with Crippen molar-refractivity contribution in [3.63, 3.8) is 0 Å². The lowest BCUT2D eigenvalue weighted by atomic mass is 9.94. The molecular formula is C27H18F2N2O4S. The molecule has 1 saturated heterocycles. The number of halogens is 2. The summed E-state index contributed by atoms with van der Waals surface area (Å²) >= 11 is 1.00. The van der Waals surface area contributed by atoms with E-state index in [4.69, 9.17) is 4.74 Å². The number of rotatable bonds is 3. The lowest BCUT2D eigenvalue weighted by molar-refractivity contribution is -0.132. The maximum Gasteiger partial charge on any atom is 0.301 e. The Morgan fingerprint density at radius 2 is 1.92 bits per heavy atom. The van der Waals surface area contributed by atoms with Crippen LogP contribution in [0.2, 0.25) is 0 Å². The maximum atomic E-state index is 15.1. The molecule has 0 saturated carbocycles. The molecule has 9 heteroatoms. The third-order valence-corrected chi connectivity index (χ3v) is 7.38. The molecule has 4 aromatic rings. The third kappa shape index (κ3) is 3.46. The normalized spacial score (nSPS) is 20.7. The summed E-state index contributed by atoms with van der Waals surface area (Å²) in [5.41, 5.74) is 1.39. The number of carbonyl (C=O) groups excluding carboxylic acids is 2. The van der Waals surface area contributed by atoms with Gasteiger partial charge in [0.25, 0.3) is 5.78 Å². The van der Waals surface area contributed by atoms with Crippen molar-refractivity contribution in [2.75, 3.05) is 4.90 Å². The Balaban J connectivity index is 1.55. The summed E-state index contributed by atoms with van der Waals surface area (Å²) in [6.07, 6.45) is 0.606. The van der Waals surface area contributed by atoms with E-state index in [1.807, 2.05) is 6.92 Å². The average molecular weight is 505 g/mol. The predicted molar refractivity (Wildman–Crippen MR) is 131 cm³/mol. The summed E-state index contributed by atoms with van der Waals surface area (Å²) in [6, 6.07) is 13.5. The van der Waals surface area contributed by atoms with Crippen LogP contribution < -0.4 is 9.64 Å². The number of thiazole rings is 1. The van der Waals surface area contributed by atoms with Crippen LogP contribution in [0.15, 0.2) is 66.2 Å². The second-order valence-corrected chi connectivity index (χ2v) is 9.76. The number of aliphatic hydroxyl groups excluding tert-OH is 1. The minimum Gasteiger partial charge on any atom is -0.507 e. The minimum atomic E-state index is -1.26. The number of nitrogens with zero attached hydrogens (tertiary/aromatic N) is 2. The Kier molecular flexibility index (Phi) is 5.11. The molecule has 3 heterocycles. The molecule has 2 atom stereocenters. The second kappa shape index (κ2) is 8.23. The highest BCUT2D eigenvalue weighted by atomic mass is 32.1. The molecule has 2 unspecified atom stereocenters. The molecule has 1 aromatic heterocycles. The molecule has 2 aliphatic heterocycles.